The molecule has 1 heterocycles. The Balaban J connectivity index is 1.81. The fourth-order valence-corrected chi connectivity index (χ4v) is 3.18. The molecule has 1 fully saturated rings. The summed E-state index contributed by atoms with van der Waals surface area (Å²) in [5.74, 6) is 2.77. The molecule has 1 aliphatic carbocycles. The molecule has 106 valence electrons. The van der Waals surface area contributed by atoms with Gasteiger partial charge in [0.25, 0.3) is 5.89 Å². The van der Waals surface area contributed by atoms with Gasteiger partial charge in [0, 0.05) is 11.5 Å². The Hall–Kier alpha value is -1.11. The van der Waals surface area contributed by atoms with E-state index in [1.807, 2.05) is 12.1 Å². The van der Waals surface area contributed by atoms with Crippen LogP contribution < -0.4 is 0 Å². The van der Waals surface area contributed by atoms with Crippen molar-refractivity contribution in [1.82, 2.24) is 10.1 Å². The van der Waals surface area contributed by atoms with Crippen LogP contribution in [0.25, 0.3) is 11.5 Å². The summed E-state index contributed by atoms with van der Waals surface area (Å²) in [6.45, 7) is 2.24. The quantitative estimate of drug-likeness (QED) is 0.800. The first kappa shape index (κ1) is 13.9. The molecule has 3 rings (SSSR count). The lowest BCUT2D eigenvalue weighted by molar-refractivity contribution is 0.413. The van der Waals surface area contributed by atoms with E-state index in [-0.39, 0.29) is 5.75 Å². The molecule has 0 aliphatic heterocycles. The van der Waals surface area contributed by atoms with E-state index in [4.69, 9.17) is 4.52 Å². The molecular weight excluding hydrogens is 367 g/mol. The topological polar surface area (TPSA) is 59.2 Å². The molecule has 1 aromatic heterocycles. The molecule has 2 atom stereocenters. The zero-order valence-corrected chi connectivity index (χ0v) is 13.5. The standard InChI is InChI=1S/C15H17IN2O2/c1-2-9-3-4-10(7-9)14-17-15(20-18-14)11-5-6-12(16)13(19)8-11/h5-6,8-10,19H,2-4,7H2,1H3. The molecule has 0 saturated heterocycles. The summed E-state index contributed by atoms with van der Waals surface area (Å²) < 4.78 is 6.16. The highest BCUT2D eigenvalue weighted by Crippen LogP contribution is 2.39. The SMILES string of the molecule is CCC1CCC(c2noc(-c3ccc(I)c(O)c3)n2)C1. The molecule has 0 radical (unpaired) electrons. The second-order valence-corrected chi connectivity index (χ2v) is 6.57. The average Bonchev–Trinajstić information content (AvgIpc) is 3.09. The summed E-state index contributed by atoms with van der Waals surface area (Å²) >= 11 is 2.09. The summed E-state index contributed by atoms with van der Waals surface area (Å²) in [7, 11) is 0. The van der Waals surface area contributed by atoms with Crippen LogP contribution in [-0.4, -0.2) is 15.2 Å². The van der Waals surface area contributed by atoms with Gasteiger partial charge in [-0.3, -0.25) is 0 Å². The predicted molar refractivity (Wildman–Crippen MR) is 84.5 cm³/mol. The number of nitrogens with zero attached hydrogens (tertiary/aromatic N) is 2. The number of aromatic nitrogens is 2. The summed E-state index contributed by atoms with van der Waals surface area (Å²) in [6.07, 6.45) is 4.80. The van der Waals surface area contributed by atoms with Crippen molar-refractivity contribution in [3.8, 4) is 17.2 Å². The highest BCUT2D eigenvalue weighted by Gasteiger charge is 2.28. The Labute approximate surface area is 131 Å². The molecule has 2 aromatic rings. The number of aromatic hydroxyl groups is 1. The van der Waals surface area contributed by atoms with E-state index in [0.29, 0.717) is 11.8 Å². The van der Waals surface area contributed by atoms with E-state index in [9.17, 15) is 5.11 Å². The first-order valence-electron chi connectivity index (χ1n) is 7.00. The van der Waals surface area contributed by atoms with Crippen molar-refractivity contribution in [3.63, 3.8) is 0 Å². The van der Waals surface area contributed by atoms with Crippen LogP contribution in [0.15, 0.2) is 22.7 Å². The van der Waals surface area contributed by atoms with Gasteiger partial charge < -0.3 is 9.63 Å². The smallest absolute Gasteiger partial charge is 0.258 e. The molecule has 4 nitrogen and oxygen atoms in total. The van der Waals surface area contributed by atoms with Gasteiger partial charge in [-0.15, -0.1) is 0 Å². The second-order valence-electron chi connectivity index (χ2n) is 5.41. The molecule has 0 bridgehead atoms. The summed E-state index contributed by atoms with van der Waals surface area (Å²) in [5.41, 5.74) is 0.770. The van der Waals surface area contributed by atoms with Crippen LogP contribution in [0.5, 0.6) is 5.75 Å². The lowest BCUT2D eigenvalue weighted by Gasteiger charge is -2.04. The second kappa shape index (κ2) is 5.71. The predicted octanol–water partition coefficient (Wildman–Crippen LogP) is 4.34. The van der Waals surface area contributed by atoms with Gasteiger partial charge >= 0.3 is 0 Å². The minimum Gasteiger partial charge on any atom is -0.507 e. The number of benzene rings is 1. The molecule has 5 heteroatoms. The molecule has 0 amide bonds. The Morgan fingerprint density at radius 2 is 2.25 bits per heavy atom. The van der Waals surface area contributed by atoms with Gasteiger partial charge in [0.15, 0.2) is 5.82 Å². The third-order valence-electron chi connectivity index (χ3n) is 4.12. The fourth-order valence-electron chi connectivity index (χ4n) is 2.84. The zero-order chi connectivity index (χ0) is 14.1. The summed E-state index contributed by atoms with van der Waals surface area (Å²) in [6, 6.07) is 5.41. The van der Waals surface area contributed by atoms with Crippen molar-refractivity contribution >= 4 is 22.6 Å². The molecule has 1 aliphatic rings. The number of phenols is 1. The lowest BCUT2D eigenvalue weighted by Crippen LogP contribution is -1.97. The number of rotatable bonds is 3. The van der Waals surface area contributed by atoms with Gasteiger partial charge in [0.1, 0.15) is 5.75 Å². The van der Waals surface area contributed by atoms with Crippen LogP contribution in [0.1, 0.15) is 44.3 Å². The van der Waals surface area contributed by atoms with E-state index < -0.39 is 0 Å². The third-order valence-corrected chi connectivity index (χ3v) is 5.03. The zero-order valence-electron chi connectivity index (χ0n) is 11.3. The molecule has 1 saturated carbocycles. The van der Waals surface area contributed by atoms with Crippen molar-refractivity contribution in [2.24, 2.45) is 5.92 Å². The first-order chi connectivity index (χ1) is 9.67. The van der Waals surface area contributed by atoms with E-state index in [1.54, 1.807) is 6.07 Å². The van der Waals surface area contributed by atoms with Crippen LogP contribution >= 0.6 is 22.6 Å². The fraction of sp³-hybridized carbons (Fsp3) is 0.467. The molecule has 2 unspecified atom stereocenters. The highest BCUT2D eigenvalue weighted by atomic mass is 127. The molecular formula is C15H17IN2O2. The highest BCUT2D eigenvalue weighted by molar-refractivity contribution is 14.1. The maximum Gasteiger partial charge on any atom is 0.258 e. The Kier molecular flexibility index (Phi) is 3.96. The minimum absolute atomic E-state index is 0.245. The summed E-state index contributed by atoms with van der Waals surface area (Å²) in [5, 5.41) is 13.9. The largest absolute Gasteiger partial charge is 0.507 e. The van der Waals surface area contributed by atoms with Crippen LogP contribution in [0, 0.1) is 9.49 Å². The van der Waals surface area contributed by atoms with Crippen molar-refractivity contribution in [2.75, 3.05) is 0 Å². The normalized spacial score (nSPS) is 22.3. The Bertz CT molecular complexity index is 612. The maximum atomic E-state index is 9.75. The number of phenolic OH excluding ortho intramolecular Hbond substituents is 1. The van der Waals surface area contributed by atoms with Crippen molar-refractivity contribution in [1.29, 1.82) is 0 Å². The molecule has 20 heavy (non-hydrogen) atoms. The van der Waals surface area contributed by atoms with Crippen molar-refractivity contribution in [2.45, 2.75) is 38.5 Å². The van der Waals surface area contributed by atoms with Gasteiger partial charge in [0.2, 0.25) is 0 Å². The van der Waals surface area contributed by atoms with Gasteiger partial charge in [0.05, 0.1) is 3.57 Å². The van der Waals surface area contributed by atoms with Gasteiger partial charge in [-0.1, -0.05) is 18.5 Å². The van der Waals surface area contributed by atoms with E-state index in [2.05, 4.69) is 39.7 Å². The van der Waals surface area contributed by atoms with E-state index >= 15 is 0 Å². The van der Waals surface area contributed by atoms with E-state index in [1.165, 1.54) is 12.8 Å². The van der Waals surface area contributed by atoms with Crippen LogP contribution in [-0.2, 0) is 0 Å². The number of hydrogen-bond acceptors (Lipinski definition) is 4. The molecule has 1 N–H and O–H groups in total. The first-order valence-corrected chi connectivity index (χ1v) is 8.07. The maximum absolute atomic E-state index is 9.75. The number of hydrogen-bond donors (Lipinski definition) is 1. The number of halogens is 1. The molecule has 0 spiro atoms. The van der Waals surface area contributed by atoms with Crippen molar-refractivity contribution in [3.05, 3.63) is 27.6 Å². The van der Waals surface area contributed by atoms with Crippen LogP contribution in [0.4, 0.5) is 0 Å². The van der Waals surface area contributed by atoms with Gasteiger partial charge in [-0.2, -0.15) is 4.98 Å². The Morgan fingerprint density at radius 1 is 1.40 bits per heavy atom. The van der Waals surface area contributed by atoms with Crippen LogP contribution in [0.3, 0.4) is 0 Å². The Morgan fingerprint density at radius 3 is 2.95 bits per heavy atom. The lowest BCUT2D eigenvalue weighted by atomic mass is 10.0. The third kappa shape index (κ3) is 2.68. The monoisotopic (exact) mass is 384 g/mol. The summed E-state index contributed by atoms with van der Waals surface area (Å²) in [4.78, 5) is 4.51. The van der Waals surface area contributed by atoms with Crippen LogP contribution in [0.2, 0.25) is 0 Å². The average molecular weight is 384 g/mol. The minimum atomic E-state index is 0.245. The van der Waals surface area contributed by atoms with Gasteiger partial charge in [-0.05, 0) is 66.0 Å². The van der Waals surface area contributed by atoms with Crippen molar-refractivity contribution < 1.29 is 9.63 Å². The molecule has 1 aromatic carbocycles. The van der Waals surface area contributed by atoms with Gasteiger partial charge in [-0.25, -0.2) is 0 Å². The van der Waals surface area contributed by atoms with E-state index in [0.717, 1.165) is 33.7 Å².